The summed E-state index contributed by atoms with van der Waals surface area (Å²) in [5.74, 6) is 0.580. The van der Waals surface area contributed by atoms with Crippen LogP contribution in [0.15, 0.2) is 88.2 Å². The number of aryl methyl sites for hydroxylation is 1. The number of hydrogen-bond donors (Lipinski definition) is 1. The fourth-order valence-electron chi connectivity index (χ4n) is 5.82. The van der Waals surface area contributed by atoms with E-state index in [4.69, 9.17) is 4.42 Å². The lowest BCUT2D eigenvalue weighted by Gasteiger charge is -2.27. The third-order valence-corrected chi connectivity index (χ3v) is 9.17. The number of para-hydroxylation sites is 1. The molecular weight excluding hydrogens is 530 g/mol. The highest BCUT2D eigenvalue weighted by Crippen LogP contribution is 2.42. The fourth-order valence-corrected chi connectivity index (χ4v) is 7.03. The Morgan fingerprint density at radius 3 is 2.56 bits per heavy atom. The molecule has 1 fully saturated rings. The largest absolute Gasteiger partial charge is 0.440 e. The Kier molecular flexibility index (Phi) is 6.51. The molecule has 1 amide bonds. The number of carbonyl (C=O) groups is 1. The maximum Gasteiger partial charge on any atom is 0.228 e. The van der Waals surface area contributed by atoms with Gasteiger partial charge in [0, 0.05) is 68.0 Å². The van der Waals surface area contributed by atoms with Crippen molar-refractivity contribution in [1.29, 1.82) is 0 Å². The van der Waals surface area contributed by atoms with E-state index in [0.29, 0.717) is 16.9 Å². The average molecular weight is 560 g/mol. The summed E-state index contributed by atoms with van der Waals surface area (Å²) in [5, 5.41) is 5.84. The summed E-state index contributed by atoms with van der Waals surface area (Å²) < 4.78 is 8.74. The number of pyridine rings is 1. The van der Waals surface area contributed by atoms with E-state index in [9.17, 15) is 9.59 Å². The maximum absolute atomic E-state index is 13.2. The first-order valence-corrected chi connectivity index (χ1v) is 14.8. The van der Waals surface area contributed by atoms with Gasteiger partial charge in [0.25, 0.3) is 0 Å². The number of nitrogens with one attached hydrogen (secondary N) is 1. The quantitative estimate of drug-likeness (QED) is 0.234. The SMILES string of the molecule is Cc1ncccc1CC(=O)Nc1ccc2sc3c(-c4cccc5c(=O)cc(N6CCCCC6)oc45)cccc3c2c1. The monoisotopic (exact) mass is 559 g/mol. The van der Waals surface area contributed by atoms with Gasteiger partial charge in [0.1, 0.15) is 5.58 Å². The molecule has 204 valence electrons. The Labute approximate surface area is 241 Å². The Morgan fingerprint density at radius 2 is 1.73 bits per heavy atom. The summed E-state index contributed by atoms with van der Waals surface area (Å²) in [4.78, 5) is 32.5. The second kappa shape index (κ2) is 10.5. The molecule has 3 aromatic heterocycles. The van der Waals surface area contributed by atoms with E-state index in [2.05, 4.69) is 33.4 Å². The highest BCUT2D eigenvalue weighted by Gasteiger charge is 2.19. The van der Waals surface area contributed by atoms with Crippen LogP contribution in [0.5, 0.6) is 0 Å². The van der Waals surface area contributed by atoms with Gasteiger partial charge in [0.05, 0.1) is 11.8 Å². The number of thiophene rings is 1. The van der Waals surface area contributed by atoms with E-state index >= 15 is 0 Å². The number of piperidine rings is 1. The van der Waals surface area contributed by atoms with Gasteiger partial charge in [-0.1, -0.05) is 36.4 Å². The molecule has 41 heavy (non-hydrogen) atoms. The van der Waals surface area contributed by atoms with E-state index in [-0.39, 0.29) is 17.8 Å². The molecule has 0 radical (unpaired) electrons. The third-order valence-electron chi connectivity index (χ3n) is 7.95. The summed E-state index contributed by atoms with van der Waals surface area (Å²) in [6.45, 7) is 3.73. The minimum atomic E-state index is -0.0732. The van der Waals surface area contributed by atoms with E-state index in [1.807, 2.05) is 55.5 Å². The molecule has 0 saturated carbocycles. The second-order valence-electron chi connectivity index (χ2n) is 10.6. The number of aromatic nitrogens is 1. The Bertz CT molecular complexity index is 2000. The predicted molar refractivity (Wildman–Crippen MR) is 168 cm³/mol. The normalized spacial score (nSPS) is 13.7. The van der Waals surface area contributed by atoms with Crippen LogP contribution in [0.1, 0.15) is 30.5 Å². The van der Waals surface area contributed by atoms with Gasteiger partial charge in [0.2, 0.25) is 5.91 Å². The second-order valence-corrected chi connectivity index (χ2v) is 11.7. The van der Waals surface area contributed by atoms with Crippen LogP contribution in [0.2, 0.25) is 0 Å². The van der Waals surface area contributed by atoms with Gasteiger partial charge in [-0.25, -0.2) is 0 Å². The molecule has 4 heterocycles. The molecule has 1 saturated heterocycles. The summed E-state index contributed by atoms with van der Waals surface area (Å²) in [7, 11) is 0. The van der Waals surface area contributed by atoms with Crippen molar-refractivity contribution in [3.63, 3.8) is 0 Å². The van der Waals surface area contributed by atoms with Gasteiger partial charge >= 0.3 is 0 Å². The van der Waals surface area contributed by atoms with Crippen molar-refractivity contribution in [1.82, 2.24) is 4.98 Å². The molecule has 0 atom stereocenters. The molecule has 7 rings (SSSR count). The number of nitrogens with zero attached hydrogens (tertiary/aromatic N) is 2. The zero-order valence-corrected chi connectivity index (χ0v) is 23.6. The summed E-state index contributed by atoms with van der Waals surface area (Å²) in [6, 6.07) is 23.6. The van der Waals surface area contributed by atoms with E-state index in [0.717, 1.165) is 74.2 Å². The zero-order chi connectivity index (χ0) is 27.9. The van der Waals surface area contributed by atoms with Crippen molar-refractivity contribution in [3.05, 3.63) is 100 Å². The number of anilines is 2. The Morgan fingerprint density at radius 1 is 0.927 bits per heavy atom. The smallest absolute Gasteiger partial charge is 0.228 e. The molecule has 0 spiro atoms. The van der Waals surface area contributed by atoms with Crippen molar-refractivity contribution >= 4 is 60.0 Å². The number of benzene rings is 3. The van der Waals surface area contributed by atoms with Crippen molar-refractivity contribution in [2.75, 3.05) is 23.3 Å². The Balaban J connectivity index is 1.29. The topological polar surface area (TPSA) is 75.4 Å². The first-order chi connectivity index (χ1) is 20.0. The molecule has 6 aromatic rings. The van der Waals surface area contributed by atoms with E-state index < -0.39 is 0 Å². The molecule has 1 aliphatic rings. The lowest BCUT2D eigenvalue weighted by atomic mass is 10.0. The maximum atomic E-state index is 13.2. The van der Waals surface area contributed by atoms with Gasteiger partial charge in [-0.3, -0.25) is 14.6 Å². The first kappa shape index (κ1) is 25.5. The van der Waals surface area contributed by atoms with Crippen LogP contribution >= 0.6 is 11.3 Å². The number of amides is 1. The molecule has 0 unspecified atom stereocenters. The van der Waals surface area contributed by atoms with Crippen LogP contribution in [0.25, 0.3) is 42.3 Å². The lowest BCUT2D eigenvalue weighted by Crippen LogP contribution is -2.30. The zero-order valence-electron chi connectivity index (χ0n) is 22.8. The molecule has 6 nitrogen and oxygen atoms in total. The van der Waals surface area contributed by atoms with Gasteiger partial charge in [-0.15, -0.1) is 11.3 Å². The minimum absolute atomic E-state index is 0.0148. The highest BCUT2D eigenvalue weighted by molar-refractivity contribution is 7.26. The van der Waals surface area contributed by atoms with Crippen LogP contribution in [-0.2, 0) is 11.2 Å². The predicted octanol–water partition coefficient (Wildman–Crippen LogP) is 7.70. The van der Waals surface area contributed by atoms with Crippen molar-refractivity contribution in [3.8, 4) is 11.1 Å². The van der Waals surface area contributed by atoms with Gasteiger partial charge in [-0.2, -0.15) is 0 Å². The molecule has 7 heteroatoms. The van der Waals surface area contributed by atoms with Crippen LogP contribution in [-0.4, -0.2) is 24.0 Å². The molecule has 1 aliphatic heterocycles. The minimum Gasteiger partial charge on any atom is -0.440 e. The number of carbonyl (C=O) groups excluding carboxylic acids is 1. The molecule has 0 bridgehead atoms. The third kappa shape index (κ3) is 4.76. The summed E-state index contributed by atoms with van der Waals surface area (Å²) in [6.07, 6.45) is 5.44. The fraction of sp³-hybridized carbons (Fsp3) is 0.206. The van der Waals surface area contributed by atoms with Crippen molar-refractivity contribution < 1.29 is 9.21 Å². The number of fused-ring (bicyclic) bond motifs is 4. The highest BCUT2D eigenvalue weighted by atomic mass is 32.1. The number of hydrogen-bond acceptors (Lipinski definition) is 6. The van der Waals surface area contributed by atoms with Crippen LogP contribution < -0.4 is 15.6 Å². The van der Waals surface area contributed by atoms with Gasteiger partial charge in [0.15, 0.2) is 11.3 Å². The van der Waals surface area contributed by atoms with Crippen molar-refractivity contribution in [2.24, 2.45) is 0 Å². The van der Waals surface area contributed by atoms with E-state index in [1.54, 1.807) is 23.6 Å². The molecule has 1 N–H and O–H groups in total. The average Bonchev–Trinajstić information content (AvgIpc) is 3.37. The lowest BCUT2D eigenvalue weighted by molar-refractivity contribution is -0.115. The number of rotatable bonds is 5. The van der Waals surface area contributed by atoms with Crippen molar-refractivity contribution in [2.45, 2.75) is 32.6 Å². The van der Waals surface area contributed by atoms with Crippen LogP contribution in [0.3, 0.4) is 0 Å². The van der Waals surface area contributed by atoms with Crippen LogP contribution in [0.4, 0.5) is 11.6 Å². The molecule has 3 aromatic carbocycles. The summed E-state index contributed by atoms with van der Waals surface area (Å²) >= 11 is 1.71. The first-order valence-electron chi connectivity index (χ1n) is 14.0. The van der Waals surface area contributed by atoms with Crippen LogP contribution in [0, 0.1) is 6.92 Å². The van der Waals surface area contributed by atoms with Gasteiger partial charge in [-0.05, 0) is 62.1 Å². The summed E-state index contributed by atoms with van der Waals surface area (Å²) in [5.41, 5.74) is 5.10. The van der Waals surface area contributed by atoms with E-state index in [1.165, 1.54) is 6.42 Å². The standard InChI is InChI=1S/C34H29N3O3S/c1-21-22(8-7-15-35-21)18-31(39)36-23-13-14-30-28(19-23)26-11-6-10-25(34(26)41-30)24-9-5-12-27-29(38)20-32(40-33(24)27)37-16-3-2-4-17-37/h5-15,19-20H,2-4,16-18H2,1H3,(H,36,39). The molecule has 0 aliphatic carbocycles. The molecular formula is C34H29N3O3S. The van der Waals surface area contributed by atoms with Gasteiger partial charge < -0.3 is 14.6 Å². The Hall–Kier alpha value is -4.49.